The maximum absolute atomic E-state index is 12.7. The van der Waals surface area contributed by atoms with Gasteiger partial charge in [-0.2, -0.15) is 0 Å². The summed E-state index contributed by atoms with van der Waals surface area (Å²) in [7, 11) is 2.47. The Kier molecular flexibility index (Phi) is 4.19. The third kappa shape index (κ3) is 3.02. The van der Waals surface area contributed by atoms with Gasteiger partial charge in [-0.25, -0.2) is 13.8 Å². The number of nitrogens with zero attached hydrogens (tertiary/aromatic N) is 1. The van der Waals surface area contributed by atoms with Crippen LogP contribution in [-0.2, 0) is 16.0 Å². The van der Waals surface area contributed by atoms with Crippen LogP contribution in [0.5, 0.6) is 5.88 Å². The number of anilines is 1. The zero-order valence-corrected chi connectivity index (χ0v) is 9.37. The van der Waals surface area contributed by atoms with Crippen LogP contribution in [0.15, 0.2) is 6.07 Å². The second-order valence-electron chi connectivity index (χ2n) is 3.18. The van der Waals surface area contributed by atoms with Crippen molar-refractivity contribution in [3.05, 3.63) is 17.3 Å². The molecule has 17 heavy (non-hydrogen) atoms. The first-order valence-electron chi connectivity index (χ1n) is 4.67. The Balaban J connectivity index is 3.19. The molecule has 0 unspecified atom stereocenters. The average molecular weight is 246 g/mol. The van der Waals surface area contributed by atoms with Crippen molar-refractivity contribution in [1.29, 1.82) is 0 Å². The van der Waals surface area contributed by atoms with Gasteiger partial charge >= 0.3 is 5.97 Å². The van der Waals surface area contributed by atoms with Gasteiger partial charge in [-0.15, -0.1) is 0 Å². The number of pyridine rings is 1. The van der Waals surface area contributed by atoms with Gasteiger partial charge in [0.25, 0.3) is 6.43 Å². The van der Waals surface area contributed by atoms with Crippen molar-refractivity contribution < 1.29 is 23.0 Å². The van der Waals surface area contributed by atoms with Crippen molar-refractivity contribution in [2.24, 2.45) is 0 Å². The van der Waals surface area contributed by atoms with Gasteiger partial charge in [0.2, 0.25) is 5.88 Å². The first-order valence-corrected chi connectivity index (χ1v) is 4.67. The molecule has 0 aliphatic carbocycles. The highest BCUT2D eigenvalue weighted by Crippen LogP contribution is 2.29. The van der Waals surface area contributed by atoms with Crippen molar-refractivity contribution in [2.75, 3.05) is 20.0 Å². The minimum atomic E-state index is -2.77. The largest absolute Gasteiger partial charge is 0.480 e. The number of hydrogen-bond acceptors (Lipinski definition) is 5. The summed E-state index contributed by atoms with van der Waals surface area (Å²) in [5.41, 5.74) is 4.97. The molecule has 5 nitrogen and oxygen atoms in total. The lowest BCUT2D eigenvalue weighted by molar-refractivity contribution is -0.139. The molecule has 1 heterocycles. The van der Waals surface area contributed by atoms with Crippen molar-refractivity contribution in [2.45, 2.75) is 12.8 Å². The second-order valence-corrected chi connectivity index (χ2v) is 3.18. The molecule has 0 atom stereocenters. The summed E-state index contributed by atoms with van der Waals surface area (Å²) in [6.45, 7) is 0. The molecule has 1 rings (SSSR count). The van der Waals surface area contributed by atoms with E-state index in [1.54, 1.807) is 0 Å². The monoisotopic (exact) mass is 246 g/mol. The highest BCUT2D eigenvalue weighted by molar-refractivity contribution is 5.72. The van der Waals surface area contributed by atoms with E-state index in [0.29, 0.717) is 0 Å². The number of carbonyl (C=O) groups excluding carboxylic acids is 1. The topological polar surface area (TPSA) is 74.4 Å². The maximum atomic E-state index is 12.7. The third-order valence-corrected chi connectivity index (χ3v) is 2.10. The number of hydrogen-bond donors (Lipinski definition) is 1. The van der Waals surface area contributed by atoms with Crippen LogP contribution < -0.4 is 10.5 Å². The molecule has 0 aliphatic rings. The van der Waals surface area contributed by atoms with E-state index in [1.165, 1.54) is 14.2 Å². The predicted molar refractivity (Wildman–Crippen MR) is 55.9 cm³/mol. The highest BCUT2D eigenvalue weighted by Gasteiger charge is 2.20. The first kappa shape index (κ1) is 13.1. The first-order chi connectivity index (χ1) is 7.99. The van der Waals surface area contributed by atoms with Gasteiger partial charge in [-0.3, -0.25) is 4.79 Å². The lowest BCUT2D eigenvalue weighted by Gasteiger charge is -2.11. The lowest BCUT2D eigenvalue weighted by Crippen LogP contribution is -2.11. The minimum absolute atomic E-state index is 0.00332. The number of nitrogens with two attached hydrogens (primary N) is 1. The zero-order chi connectivity index (χ0) is 13.0. The van der Waals surface area contributed by atoms with Gasteiger partial charge in [0.1, 0.15) is 0 Å². The van der Waals surface area contributed by atoms with Crippen molar-refractivity contribution >= 4 is 11.7 Å². The number of carbonyl (C=O) groups is 1. The Morgan fingerprint density at radius 1 is 1.53 bits per heavy atom. The molecule has 0 aliphatic heterocycles. The zero-order valence-electron chi connectivity index (χ0n) is 9.37. The number of nitrogen functional groups attached to an aromatic ring is 1. The maximum Gasteiger partial charge on any atom is 0.311 e. The lowest BCUT2D eigenvalue weighted by atomic mass is 10.1. The number of aromatic nitrogens is 1. The molecule has 0 aromatic carbocycles. The summed E-state index contributed by atoms with van der Waals surface area (Å²) in [5.74, 6) is -0.653. The number of ether oxygens (including phenoxy) is 2. The molecule has 0 spiro atoms. The van der Waals surface area contributed by atoms with E-state index < -0.39 is 18.0 Å². The molecule has 7 heteroatoms. The summed E-state index contributed by atoms with van der Waals surface area (Å²) in [6, 6.07) is 1.05. The van der Waals surface area contributed by atoms with Gasteiger partial charge < -0.3 is 15.2 Å². The highest BCUT2D eigenvalue weighted by atomic mass is 19.3. The van der Waals surface area contributed by atoms with Gasteiger partial charge in [-0.05, 0) is 6.07 Å². The summed E-state index contributed by atoms with van der Waals surface area (Å²) in [6.07, 6.45) is -3.12. The summed E-state index contributed by atoms with van der Waals surface area (Å²) >= 11 is 0. The fourth-order valence-electron chi connectivity index (χ4n) is 1.27. The predicted octanol–water partition coefficient (Wildman–Crippen LogP) is 1.33. The van der Waals surface area contributed by atoms with E-state index in [9.17, 15) is 13.6 Å². The Labute approximate surface area is 96.5 Å². The van der Waals surface area contributed by atoms with Gasteiger partial charge in [-0.1, -0.05) is 0 Å². The normalized spacial score (nSPS) is 10.4. The van der Waals surface area contributed by atoms with Crippen LogP contribution in [-0.4, -0.2) is 25.2 Å². The molecule has 0 saturated heterocycles. The van der Waals surface area contributed by atoms with E-state index in [1.807, 2.05) is 0 Å². The van der Waals surface area contributed by atoms with Gasteiger partial charge in [0.15, 0.2) is 0 Å². The van der Waals surface area contributed by atoms with Gasteiger partial charge in [0, 0.05) is 5.56 Å². The number of rotatable bonds is 4. The van der Waals surface area contributed by atoms with Crippen LogP contribution in [0.25, 0.3) is 0 Å². The molecule has 1 aromatic rings. The van der Waals surface area contributed by atoms with E-state index in [4.69, 9.17) is 10.5 Å². The van der Waals surface area contributed by atoms with Crippen LogP contribution >= 0.6 is 0 Å². The Bertz CT molecular complexity index is 424. The Morgan fingerprint density at radius 3 is 2.65 bits per heavy atom. The molecular formula is C10H12F2N2O3. The van der Waals surface area contributed by atoms with E-state index in [2.05, 4.69) is 9.72 Å². The van der Waals surface area contributed by atoms with Crippen molar-refractivity contribution in [1.82, 2.24) is 4.98 Å². The Morgan fingerprint density at radius 2 is 2.18 bits per heavy atom. The van der Waals surface area contributed by atoms with Crippen LogP contribution in [0.3, 0.4) is 0 Å². The summed E-state index contributed by atoms with van der Waals surface area (Å²) < 4.78 is 34.6. The molecule has 0 bridgehead atoms. The van der Waals surface area contributed by atoms with E-state index in [-0.39, 0.29) is 23.7 Å². The molecule has 94 valence electrons. The third-order valence-electron chi connectivity index (χ3n) is 2.10. The molecule has 0 amide bonds. The van der Waals surface area contributed by atoms with Crippen molar-refractivity contribution in [3.63, 3.8) is 0 Å². The van der Waals surface area contributed by atoms with Crippen LogP contribution in [0.1, 0.15) is 17.7 Å². The number of esters is 1. The van der Waals surface area contributed by atoms with Crippen LogP contribution in [0.2, 0.25) is 0 Å². The van der Waals surface area contributed by atoms with Crippen molar-refractivity contribution in [3.8, 4) is 5.88 Å². The fourth-order valence-corrected chi connectivity index (χ4v) is 1.27. The molecule has 0 radical (unpaired) electrons. The van der Waals surface area contributed by atoms with Gasteiger partial charge in [0.05, 0.1) is 32.0 Å². The van der Waals surface area contributed by atoms with Crippen LogP contribution in [0.4, 0.5) is 14.5 Å². The average Bonchev–Trinajstić information content (AvgIpc) is 2.30. The molecule has 1 aromatic heterocycles. The number of alkyl halides is 2. The second kappa shape index (κ2) is 5.42. The van der Waals surface area contributed by atoms with Crippen LogP contribution in [0, 0.1) is 0 Å². The fraction of sp³-hybridized carbons (Fsp3) is 0.400. The molecular weight excluding hydrogens is 234 g/mol. The summed E-state index contributed by atoms with van der Waals surface area (Å²) in [5, 5.41) is 0. The van der Waals surface area contributed by atoms with E-state index in [0.717, 1.165) is 6.07 Å². The minimum Gasteiger partial charge on any atom is -0.480 e. The quantitative estimate of drug-likeness (QED) is 0.811. The Hall–Kier alpha value is -1.92. The summed E-state index contributed by atoms with van der Waals surface area (Å²) in [4.78, 5) is 14.8. The number of halogens is 2. The molecule has 0 fully saturated rings. The molecule has 0 saturated carbocycles. The standard InChI is InChI=1S/C10H12F2N2O3/c1-16-8(15)4-7-5(9(11)12)3-6(13)10(14-7)17-2/h3,9H,4,13H2,1-2H3. The molecule has 2 N–H and O–H groups in total. The van der Waals surface area contributed by atoms with E-state index >= 15 is 0 Å². The smallest absolute Gasteiger partial charge is 0.311 e. The number of methoxy groups -OCH3 is 2. The SMILES string of the molecule is COC(=O)Cc1nc(OC)c(N)cc1C(F)F.